The fourth-order valence-electron chi connectivity index (χ4n) is 1.77. The Balaban J connectivity index is 2.56. The van der Waals surface area contributed by atoms with Gasteiger partial charge in [-0.25, -0.2) is 0 Å². The number of ether oxygens (including phenoxy) is 2. The van der Waals surface area contributed by atoms with Crippen LogP contribution in [0, 0.1) is 5.92 Å². The largest absolute Gasteiger partial charge is 0.394 e. The van der Waals surface area contributed by atoms with Crippen molar-refractivity contribution in [3.05, 3.63) is 10.4 Å². The highest BCUT2D eigenvalue weighted by Gasteiger charge is 2.42. The number of nitrogens with zero attached hydrogens (tertiary/aromatic N) is 3. The summed E-state index contributed by atoms with van der Waals surface area (Å²) in [7, 11) is 0. The van der Waals surface area contributed by atoms with Gasteiger partial charge in [0.25, 0.3) is 0 Å². The molecule has 18 heavy (non-hydrogen) atoms. The van der Waals surface area contributed by atoms with E-state index < -0.39 is 37.1 Å². The van der Waals surface area contributed by atoms with Crippen LogP contribution in [0.4, 0.5) is 0 Å². The van der Waals surface area contributed by atoms with Gasteiger partial charge < -0.3 is 24.8 Å². The molecule has 0 aromatic carbocycles. The maximum absolute atomic E-state index is 9.78. The Morgan fingerprint density at radius 2 is 2.11 bits per heavy atom. The molecule has 8 nitrogen and oxygen atoms in total. The van der Waals surface area contributed by atoms with Crippen LogP contribution in [0.25, 0.3) is 10.4 Å². The molecule has 1 heterocycles. The van der Waals surface area contributed by atoms with Crippen molar-refractivity contribution < 1.29 is 24.8 Å². The molecule has 1 fully saturated rings. The summed E-state index contributed by atoms with van der Waals surface area (Å²) in [5.74, 6) is -0.443. The van der Waals surface area contributed by atoms with E-state index in [4.69, 9.17) is 20.1 Å². The van der Waals surface area contributed by atoms with Gasteiger partial charge in [-0.05, 0) is 5.53 Å². The zero-order valence-electron chi connectivity index (χ0n) is 10.4. The quantitative estimate of drug-likeness (QED) is 0.358. The molecular formula is C10H19N3O5. The van der Waals surface area contributed by atoms with E-state index >= 15 is 0 Å². The Morgan fingerprint density at radius 3 is 2.67 bits per heavy atom. The van der Waals surface area contributed by atoms with E-state index in [1.165, 1.54) is 0 Å². The van der Waals surface area contributed by atoms with Crippen LogP contribution >= 0.6 is 0 Å². The number of aliphatic hydroxyl groups is 3. The first-order chi connectivity index (χ1) is 8.51. The van der Waals surface area contributed by atoms with Crippen LogP contribution in [0.15, 0.2) is 5.11 Å². The Hall–Kier alpha value is -0.890. The van der Waals surface area contributed by atoms with Crippen LogP contribution in [0.3, 0.4) is 0 Å². The van der Waals surface area contributed by atoms with Crippen molar-refractivity contribution in [1.29, 1.82) is 0 Å². The van der Waals surface area contributed by atoms with E-state index in [-0.39, 0.29) is 12.6 Å². The van der Waals surface area contributed by atoms with E-state index in [0.29, 0.717) is 0 Å². The van der Waals surface area contributed by atoms with Crippen molar-refractivity contribution in [2.45, 2.75) is 44.5 Å². The van der Waals surface area contributed by atoms with Gasteiger partial charge in [0.05, 0.1) is 25.4 Å². The van der Waals surface area contributed by atoms with Gasteiger partial charge in [-0.3, -0.25) is 0 Å². The molecular weight excluding hydrogens is 242 g/mol. The molecule has 104 valence electrons. The first-order valence-electron chi connectivity index (χ1n) is 5.79. The standard InChI is InChI=1S/C10H19N3O5/c1-5(12-13-11)4-17-10-6(2)8(15)9(16)7(3-14)18-10/h5-10,14-16H,3-4H2,1-2H3/t5?,6-,7?,8?,9+,10+/m0/s1. The highest BCUT2D eigenvalue weighted by atomic mass is 16.7. The summed E-state index contributed by atoms with van der Waals surface area (Å²) >= 11 is 0. The van der Waals surface area contributed by atoms with Crippen molar-refractivity contribution in [3.8, 4) is 0 Å². The zero-order chi connectivity index (χ0) is 13.7. The lowest BCUT2D eigenvalue weighted by Gasteiger charge is -2.40. The predicted octanol–water partition coefficient (Wildman–Crippen LogP) is -0.223. The molecule has 0 saturated carbocycles. The smallest absolute Gasteiger partial charge is 0.163 e. The van der Waals surface area contributed by atoms with Gasteiger partial charge in [-0.1, -0.05) is 19.0 Å². The van der Waals surface area contributed by atoms with Crippen molar-refractivity contribution in [3.63, 3.8) is 0 Å². The molecule has 1 aliphatic heterocycles. The van der Waals surface area contributed by atoms with Crippen molar-refractivity contribution in [2.24, 2.45) is 11.0 Å². The van der Waals surface area contributed by atoms with Crippen LogP contribution in [0.2, 0.25) is 0 Å². The number of hydrogen-bond donors (Lipinski definition) is 3. The molecule has 0 aromatic heterocycles. The van der Waals surface area contributed by atoms with Gasteiger partial charge in [0.15, 0.2) is 6.29 Å². The average molecular weight is 261 g/mol. The summed E-state index contributed by atoms with van der Waals surface area (Å²) in [6, 6.07) is -0.359. The Kier molecular flexibility index (Phi) is 5.80. The normalized spacial score (nSPS) is 37.9. The number of aliphatic hydroxyl groups excluding tert-OH is 3. The second-order valence-electron chi connectivity index (χ2n) is 4.45. The lowest BCUT2D eigenvalue weighted by atomic mass is 9.92. The second kappa shape index (κ2) is 6.89. The zero-order valence-corrected chi connectivity index (χ0v) is 10.4. The minimum atomic E-state index is -1.14. The molecule has 0 spiro atoms. The first kappa shape index (κ1) is 15.2. The van der Waals surface area contributed by atoms with Crippen LogP contribution in [-0.4, -0.2) is 59.2 Å². The average Bonchev–Trinajstić information content (AvgIpc) is 2.35. The van der Waals surface area contributed by atoms with Gasteiger partial charge in [0, 0.05) is 10.8 Å². The molecule has 0 radical (unpaired) electrons. The molecule has 3 N–H and O–H groups in total. The summed E-state index contributed by atoms with van der Waals surface area (Å²) in [6.07, 6.45) is -3.80. The van der Waals surface area contributed by atoms with E-state index in [0.717, 1.165) is 0 Å². The summed E-state index contributed by atoms with van der Waals surface area (Å²) in [5, 5.41) is 31.9. The van der Waals surface area contributed by atoms with Gasteiger partial charge >= 0.3 is 0 Å². The third-order valence-electron chi connectivity index (χ3n) is 2.94. The first-order valence-corrected chi connectivity index (χ1v) is 5.79. The Morgan fingerprint density at radius 1 is 1.44 bits per heavy atom. The summed E-state index contributed by atoms with van der Waals surface area (Å²) in [5.41, 5.74) is 8.25. The van der Waals surface area contributed by atoms with Crippen LogP contribution < -0.4 is 0 Å². The van der Waals surface area contributed by atoms with E-state index in [1.54, 1.807) is 13.8 Å². The van der Waals surface area contributed by atoms with Crippen molar-refractivity contribution in [2.75, 3.05) is 13.2 Å². The maximum Gasteiger partial charge on any atom is 0.163 e. The fourth-order valence-corrected chi connectivity index (χ4v) is 1.77. The number of hydrogen-bond acceptors (Lipinski definition) is 6. The minimum absolute atomic E-state index is 0.139. The van der Waals surface area contributed by atoms with Crippen molar-refractivity contribution in [1.82, 2.24) is 0 Å². The SMILES string of the molecule is CC(CO[C@@H]1OC(CO)[C@@H](O)C(O)[C@@H]1C)N=[N+]=[N-]. The highest BCUT2D eigenvalue weighted by molar-refractivity contribution is 4.87. The topological polar surface area (TPSA) is 128 Å². The summed E-state index contributed by atoms with van der Waals surface area (Å²) < 4.78 is 10.7. The molecule has 1 saturated heterocycles. The minimum Gasteiger partial charge on any atom is -0.394 e. The number of rotatable bonds is 5. The lowest BCUT2D eigenvalue weighted by molar-refractivity contribution is -0.282. The molecule has 1 aliphatic rings. The molecule has 0 amide bonds. The number of azide groups is 1. The molecule has 8 heteroatoms. The highest BCUT2D eigenvalue weighted by Crippen LogP contribution is 2.26. The van der Waals surface area contributed by atoms with Crippen LogP contribution in [0.5, 0.6) is 0 Å². The summed E-state index contributed by atoms with van der Waals surface area (Å²) in [6.45, 7) is 3.09. The van der Waals surface area contributed by atoms with Crippen LogP contribution in [-0.2, 0) is 9.47 Å². The van der Waals surface area contributed by atoms with E-state index in [9.17, 15) is 10.2 Å². The Labute approximate surface area is 105 Å². The molecule has 6 atom stereocenters. The third-order valence-corrected chi connectivity index (χ3v) is 2.94. The van der Waals surface area contributed by atoms with Gasteiger partial charge in [0.2, 0.25) is 0 Å². The maximum atomic E-state index is 9.78. The monoisotopic (exact) mass is 261 g/mol. The molecule has 1 rings (SSSR count). The van der Waals surface area contributed by atoms with Crippen LogP contribution in [0.1, 0.15) is 13.8 Å². The predicted molar refractivity (Wildman–Crippen MR) is 61.5 cm³/mol. The second-order valence-corrected chi connectivity index (χ2v) is 4.45. The van der Waals surface area contributed by atoms with E-state index in [2.05, 4.69) is 10.0 Å². The molecule has 0 aliphatic carbocycles. The Bertz CT molecular complexity index is 308. The molecule has 0 aromatic rings. The van der Waals surface area contributed by atoms with Gasteiger partial charge in [-0.2, -0.15) is 0 Å². The van der Waals surface area contributed by atoms with Crippen molar-refractivity contribution >= 4 is 0 Å². The lowest BCUT2D eigenvalue weighted by Crippen LogP contribution is -2.55. The van der Waals surface area contributed by atoms with Gasteiger partial charge in [-0.15, -0.1) is 0 Å². The van der Waals surface area contributed by atoms with E-state index in [1.807, 2.05) is 0 Å². The fraction of sp³-hybridized carbons (Fsp3) is 1.00. The molecule has 0 bridgehead atoms. The third kappa shape index (κ3) is 3.55. The summed E-state index contributed by atoms with van der Waals surface area (Å²) in [4.78, 5) is 2.65. The molecule has 3 unspecified atom stereocenters. The van der Waals surface area contributed by atoms with Gasteiger partial charge in [0.1, 0.15) is 12.2 Å².